The molecule has 8 heteroatoms. The molecule has 1 heterocycles. The van der Waals surface area contributed by atoms with Crippen LogP contribution in [0.3, 0.4) is 0 Å². The molecule has 0 aliphatic heterocycles. The van der Waals surface area contributed by atoms with Crippen LogP contribution in [0.1, 0.15) is 11.1 Å². The van der Waals surface area contributed by atoms with E-state index in [0.29, 0.717) is 11.6 Å². The number of benzene rings is 1. The molecule has 2 rings (SSSR count). The van der Waals surface area contributed by atoms with E-state index in [9.17, 15) is 0 Å². The Kier molecular flexibility index (Phi) is 10.2. The highest BCUT2D eigenvalue weighted by Gasteiger charge is 2.04. The molecule has 0 atom stereocenters. The zero-order valence-electron chi connectivity index (χ0n) is 16.1. The highest BCUT2D eigenvalue weighted by molar-refractivity contribution is 14.0. The van der Waals surface area contributed by atoms with Crippen molar-refractivity contribution in [2.24, 2.45) is 4.99 Å². The first-order valence-electron chi connectivity index (χ1n) is 8.42. The lowest BCUT2D eigenvalue weighted by Crippen LogP contribution is -2.37. The van der Waals surface area contributed by atoms with E-state index >= 15 is 0 Å². The summed E-state index contributed by atoms with van der Waals surface area (Å²) in [6, 6.07) is 9.77. The number of ether oxygens (including phenoxy) is 1. The summed E-state index contributed by atoms with van der Waals surface area (Å²) in [5.74, 6) is 2.44. The fourth-order valence-corrected chi connectivity index (χ4v) is 2.66. The third-order valence-electron chi connectivity index (χ3n) is 3.90. The Morgan fingerprint density at radius 3 is 2.63 bits per heavy atom. The van der Waals surface area contributed by atoms with Crippen LogP contribution in [-0.2, 0) is 13.0 Å². The maximum Gasteiger partial charge on any atom is 0.191 e. The van der Waals surface area contributed by atoms with Gasteiger partial charge in [0.05, 0.1) is 7.11 Å². The van der Waals surface area contributed by atoms with E-state index in [1.165, 1.54) is 0 Å². The number of aliphatic imine (C=N–C) groups is 1. The van der Waals surface area contributed by atoms with E-state index in [4.69, 9.17) is 16.3 Å². The Morgan fingerprint density at radius 1 is 1.22 bits per heavy atom. The van der Waals surface area contributed by atoms with Crippen molar-refractivity contribution in [1.82, 2.24) is 15.6 Å². The number of halogens is 2. The second-order valence-corrected chi connectivity index (χ2v) is 6.38. The Hall–Kier alpha value is -1.74. The smallest absolute Gasteiger partial charge is 0.191 e. The maximum atomic E-state index is 6.28. The largest absolute Gasteiger partial charge is 0.497 e. The summed E-state index contributed by atoms with van der Waals surface area (Å²) >= 11 is 6.28. The van der Waals surface area contributed by atoms with Crippen molar-refractivity contribution in [1.29, 1.82) is 0 Å². The fourth-order valence-electron chi connectivity index (χ4n) is 2.39. The molecular formula is C19H27ClIN5O. The summed E-state index contributed by atoms with van der Waals surface area (Å²) in [5, 5.41) is 7.33. The zero-order valence-corrected chi connectivity index (χ0v) is 19.2. The second-order valence-electron chi connectivity index (χ2n) is 5.98. The number of hydrogen-bond acceptors (Lipinski definition) is 4. The molecular weight excluding hydrogens is 477 g/mol. The molecule has 0 bridgehead atoms. The molecule has 0 fully saturated rings. The molecule has 0 unspecified atom stereocenters. The quantitative estimate of drug-likeness (QED) is 0.345. The van der Waals surface area contributed by atoms with Crippen molar-refractivity contribution in [3.63, 3.8) is 0 Å². The van der Waals surface area contributed by atoms with Crippen LogP contribution >= 0.6 is 35.6 Å². The Morgan fingerprint density at radius 2 is 2.00 bits per heavy atom. The molecule has 0 aliphatic carbocycles. The van der Waals surface area contributed by atoms with Gasteiger partial charge in [0.15, 0.2) is 5.96 Å². The number of rotatable bonds is 7. The summed E-state index contributed by atoms with van der Waals surface area (Å²) < 4.78 is 5.17. The van der Waals surface area contributed by atoms with Crippen molar-refractivity contribution in [3.05, 3.63) is 52.7 Å². The molecule has 0 aliphatic rings. The fraction of sp³-hybridized carbons (Fsp3) is 0.368. The van der Waals surface area contributed by atoms with Gasteiger partial charge in [-0.1, -0.05) is 17.7 Å². The van der Waals surface area contributed by atoms with Gasteiger partial charge in [0, 0.05) is 45.5 Å². The molecule has 1 aromatic carbocycles. The molecule has 0 radical (unpaired) electrons. The van der Waals surface area contributed by atoms with Crippen LogP contribution in [0, 0.1) is 0 Å². The van der Waals surface area contributed by atoms with Crippen molar-refractivity contribution >= 4 is 47.4 Å². The van der Waals surface area contributed by atoms with Gasteiger partial charge >= 0.3 is 0 Å². The van der Waals surface area contributed by atoms with E-state index in [1.54, 1.807) is 14.2 Å². The van der Waals surface area contributed by atoms with Crippen LogP contribution in [-0.4, -0.2) is 45.7 Å². The third kappa shape index (κ3) is 7.42. The zero-order chi connectivity index (χ0) is 18.9. The van der Waals surface area contributed by atoms with E-state index < -0.39 is 0 Å². The van der Waals surface area contributed by atoms with Crippen LogP contribution in [0.15, 0.2) is 41.5 Å². The molecule has 1 aromatic heterocycles. The van der Waals surface area contributed by atoms with Gasteiger partial charge in [0.1, 0.15) is 11.6 Å². The van der Waals surface area contributed by atoms with E-state index in [1.807, 2.05) is 49.5 Å². The number of nitrogens with zero attached hydrogens (tertiary/aromatic N) is 3. The lowest BCUT2D eigenvalue weighted by molar-refractivity contribution is 0.414. The summed E-state index contributed by atoms with van der Waals surface area (Å²) in [6.45, 7) is 1.40. The first-order chi connectivity index (χ1) is 12.5. The first-order valence-corrected chi connectivity index (χ1v) is 8.80. The normalized spacial score (nSPS) is 10.8. The average molecular weight is 504 g/mol. The average Bonchev–Trinajstić information content (AvgIpc) is 2.65. The first kappa shape index (κ1) is 23.3. The minimum absolute atomic E-state index is 0. The summed E-state index contributed by atoms with van der Waals surface area (Å²) in [7, 11) is 7.34. The molecule has 6 nitrogen and oxygen atoms in total. The molecule has 27 heavy (non-hydrogen) atoms. The van der Waals surface area contributed by atoms with Gasteiger partial charge in [-0.15, -0.1) is 24.0 Å². The number of hydrogen-bond donors (Lipinski definition) is 2. The summed E-state index contributed by atoms with van der Waals surface area (Å²) in [5.41, 5.74) is 2.21. The number of nitrogens with one attached hydrogen (secondary N) is 2. The third-order valence-corrected chi connectivity index (χ3v) is 4.25. The van der Waals surface area contributed by atoms with Crippen molar-refractivity contribution in [2.75, 3.05) is 39.7 Å². The topological polar surface area (TPSA) is 61.8 Å². The van der Waals surface area contributed by atoms with Crippen LogP contribution < -0.4 is 20.3 Å². The van der Waals surface area contributed by atoms with E-state index in [0.717, 1.165) is 41.6 Å². The number of anilines is 1. The van der Waals surface area contributed by atoms with Gasteiger partial charge in [-0.3, -0.25) is 4.99 Å². The van der Waals surface area contributed by atoms with Gasteiger partial charge in [0.2, 0.25) is 0 Å². The van der Waals surface area contributed by atoms with Crippen LogP contribution in [0.2, 0.25) is 5.02 Å². The minimum Gasteiger partial charge on any atom is -0.497 e. The lowest BCUT2D eigenvalue weighted by atomic mass is 10.1. The summed E-state index contributed by atoms with van der Waals surface area (Å²) in [4.78, 5) is 10.6. The highest BCUT2D eigenvalue weighted by Crippen LogP contribution is 2.22. The van der Waals surface area contributed by atoms with Crippen LogP contribution in [0.25, 0.3) is 0 Å². The van der Waals surface area contributed by atoms with Gasteiger partial charge in [0.25, 0.3) is 0 Å². The van der Waals surface area contributed by atoms with E-state index in [-0.39, 0.29) is 24.0 Å². The lowest BCUT2D eigenvalue weighted by Gasteiger charge is -2.14. The number of methoxy groups -OCH3 is 1. The molecule has 0 saturated carbocycles. The van der Waals surface area contributed by atoms with Gasteiger partial charge in [-0.05, 0) is 41.8 Å². The summed E-state index contributed by atoms with van der Waals surface area (Å²) in [6.07, 6.45) is 2.61. The highest BCUT2D eigenvalue weighted by atomic mass is 127. The minimum atomic E-state index is 0. The van der Waals surface area contributed by atoms with Crippen LogP contribution in [0.4, 0.5) is 5.82 Å². The predicted octanol–water partition coefficient (Wildman–Crippen LogP) is 3.34. The predicted molar refractivity (Wildman–Crippen MR) is 124 cm³/mol. The van der Waals surface area contributed by atoms with Crippen molar-refractivity contribution < 1.29 is 4.74 Å². The van der Waals surface area contributed by atoms with E-state index in [2.05, 4.69) is 26.7 Å². The van der Waals surface area contributed by atoms with Crippen molar-refractivity contribution in [2.45, 2.75) is 13.0 Å². The maximum absolute atomic E-state index is 6.28. The van der Waals surface area contributed by atoms with Gasteiger partial charge in [-0.25, -0.2) is 4.98 Å². The molecule has 2 aromatic rings. The molecule has 148 valence electrons. The number of aromatic nitrogens is 1. The molecule has 0 saturated heterocycles. The van der Waals surface area contributed by atoms with Gasteiger partial charge in [-0.2, -0.15) is 0 Å². The SMILES string of the molecule is CN=C(NCCc1ccc(OC)cc1Cl)NCc1ccnc(N(C)C)c1.I. The number of pyridine rings is 1. The Bertz CT molecular complexity index is 755. The van der Waals surface area contributed by atoms with Gasteiger partial charge < -0.3 is 20.3 Å². The Balaban J connectivity index is 0.00000364. The molecule has 0 spiro atoms. The second kappa shape index (κ2) is 11.9. The molecule has 0 amide bonds. The number of guanidine groups is 1. The monoisotopic (exact) mass is 503 g/mol. The van der Waals surface area contributed by atoms with Crippen molar-refractivity contribution in [3.8, 4) is 5.75 Å². The Labute approximate surface area is 183 Å². The van der Waals surface area contributed by atoms with Crippen LogP contribution in [0.5, 0.6) is 5.75 Å². The standard InChI is InChI=1S/C19H26ClN5O.HI/c1-21-19(24-13-14-7-9-22-18(11-14)25(2)3)23-10-8-15-5-6-16(26-4)12-17(15)20;/h5-7,9,11-12H,8,10,13H2,1-4H3,(H2,21,23,24);1H. The molecule has 2 N–H and O–H groups in total.